The van der Waals surface area contributed by atoms with E-state index in [9.17, 15) is 23.9 Å². The first-order valence-corrected chi connectivity index (χ1v) is 9.80. The number of halogens is 1. The molecule has 1 aliphatic rings. The standard InChI is InChI=1S/C23H24FNO6/c1-22(2)30-19(26)23(3,20(27)31-22)13-18(25-21(28)29)11-14-7-9-15(10-8-14)16-5-4-6-17(24)12-16/h4-10,12,18,25H,11,13H2,1-3H3,(H,28,29)/t18-/m1/s1. The van der Waals surface area contributed by atoms with Crippen molar-refractivity contribution >= 4 is 18.0 Å². The average molecular weight is 429 g/mol. The van der Waals surface area contributed by atoms with Crippen molar-refractivity contribution in [2.45, 2.75) is 45.4 Å². The monoisotopic (exact) mass is 429 g/mol. The van der Waals surface area contributed by atoms with Crippen LogP contribution >= 0.6 is 0 Å². The zero-order valence-corrected chi connectivity index (χ0v) is 17.5. The van der Waals surface area contributed by atoms with Gasteiger partial charge >= 0.3 is 18.0 Å². The van der Waals surface area contributed by atoms with E-state index in [0.717, 1.165) is 16.7 Å². The molecule has 164 valence electrons. The molecule has 2 aromatic carbocycles. The number of esters is 2. The minimum atomic E-state index is -1.63. The molecule has 2 aromatic rings. The Bertz CT molecular complexity index is 981. The van der Waals surface area contributed by atoms with Crippen molar-refractivity contribution in [2.24, 2.45) is 5.41 Å². The minimum absolute atomic E-state index is 0.126. The molecule has 1 heterocycles. The molecule has 0 radical (unpaired) electrons. The van der Waals surface area contributed by atoms with Gasteiger partial charge in [0.25, 0.3) is 5.79 Å². The molecule has 0 spiro atoms. The number of ether oxygens (including phenoxy) is 2. The molecule has 3 rings (SSSR count). The molecule has 0 aromatic heterocycles. The lowest BCUT2D eigenvalue weighted by Gasteiger charge is -2.39. The number of carbonyl (C=O) groups excluding carboxylic acids is 2. The van der Waals surface area contributed by atoms with Crippen LogP contribution in [0.4, 0.5) is 9.18 Å². The molecule has 0 saturated carbocycles. The molecule has 1 saturated heterocycles. The summed E-state index contributed by atoms with van der Waals surface area (Å²) in [5.41, 5.74) is 0.666. The third-order valence-corrected chi connectivity index (χ3v) is 5.15. The molecule has 1 amide bonds. The van der Waals surface area contributed by atoms with Crippen LogP contribution in [0.25, 0.3) is 11.1 Å². The number of nitrogens with one attached hydrogen (secondary N) is 1. The van der Waals surface area contributed by atoms with E-state index in [2.05, 4.69) is 5.32 Å². The van der Waals surface area contributed by atoms with Crippen molar-refractivity contribution in [1.82, 2.24) is 5.32 Å². The largest absolute Gasteiger partial charge is 0.465 e. The fraction of sp³-hybridized carbons (Fsp3) is 0.348. The van der Waals surface area contributed by atoms with Crippen LogP contribution in [0, 0.1) is 11.2 Å². The Morgan fingerprint density at radius 1 is 1.03 bits per heavy atom. The van der Waals surface area contributed by atoms with Crippen LogP contribution in [0.3, 0.4) is 0 Å². The predicted molar refractivity (Wildman–Crippen MR) is 109 cm³/mol. The number of hydrogen-bond donors (Lipinski definition) is 2. The molecule has 0 bridgehead atoms. The van der Waals surface area contributed by atoms with Crippen LogP contribution in [0.2, 0.25) is 0 Å². The third-order valence-electron chi connectivity index (χ3n) is 5.15. The number of carboxylic acid groups (broad SMARTS) is 1. The van der Waals surface area contributed by atoms with Gasteiger partial charge < -0.3 is 19.9 Å². The second-order valence-corrected chi connectivity index (χ2v) is 8.27. The Balaban J connectivity index is 1.78. The van der Waals surface area contributed by atoms with E-state index in [0.29, 0.717) is 0 Å². The molecule has 2 N–H and O–H groups in total. The summed E-state index contributed by atoms with van der Waals surface area (Å²) in [7, 11) is 0. The van der Waals surface area contributed by atoms with Gasteiger partial charge in [-0.25, -0.2) is 9.18 Å². The third kappa shape index (κ3) is 5.20. The van der Waals surface area contributed by atoms with Gasteiger partial charge in [0.1, 0.15) is 5.82 Å². The fourth-order valence-electron chi connectivity index (χ4n) is 3.57. The Morgan fingerprint density at radius 2 is 1.65 bits per heavy atom. The van der Waals surface area contributed by atoms with Crippen molar-refractivity contribution in [3.63, 3.8) is 0 Å². The van der Waals surface area contributed by atoms with E-state index in [1.807, 2.05) is 0 Å². The van der Waals surface area contributed by atoms with Crippen LogP contribution < -0.4 is 5.32 Å². The minimum Gasteiger partial charge on any atom is -0.465 e. The lowest BCUT2D eigenvalue weighted by atomic mass is 9.81. The van der Waals surface area contributed by atoms with Crippen molar-refractivity contribution in [3.8, 4) is 11.1 Å². The summed E-state index contributed by atoms with van der Waals surface area (Å²) in [6, 6.07) is 12.6. The lowest BCUT2D eigenvalue weighted by Crippen LogP contribution is -2.55. The zero-order valence-electron chi connectivity index (χ0n) is 17.5. The number of cyclic esters (lactones) is 2. The average Bonchev–Trinajstić information content (AvgIpc) is 2.66. The van der Waals surface area contributed by atoms with E-state index < -0.39 is 35.3 Å². The zero-order chi connectivity index (χ0) is 22.8. The molecule has 31 heavy (non-hydrogen) atoms. The Kier molecular flexibility index (Phi) is 6.01. The molecular formula is C23H24FNO6. The molecule has 8 heteroatoms. The Labute approximate surface area is 179 Å². The molecule has 1 fully saturated rings. The van der Waals surface area contributed by atoms with Gasteiger partial charge in [-0.1, -0.05) is 36.4 Å². The number of benzene rings is 2. The van der Waals surface area contributed by atoms with Gasteiger partial charge in [-0.2, -0.15) is 0 Å². The highest BCUT2D eigenvalue weighted by atomic mass is 19.1. The summed E-state index contributed by atoms with van der Waals surface area (Å²) in [6.07, 6.45) is -1.17. The fourth-order valence-corrected chi connectivity index (χ4v) is 3.57. The normalized spacial score (nSPS) is 17.9. The van der Waals surface area contributed by atoms with E-state index in [1.54, 1.807) is 36.4 Å². The van der Waals surface area contributed by atoms with Crippen LogP contribution in [0.1, 0.15) is 32.8 Å². The SMILES string of the molecule is CC1(C)OC(=O)C(C)(C[C@@H](Cc2ccc(-c3cccc(F)c3)cc2)NC(=O)O)C(=O)O1. The molecule has 0 unspecified atom stereocenters. The summed E-state index contributed by atoms with van der Waals surface area (Å²) < 4.78 is 23.9. The number of amides is 1. The quantitative estimate of drug-likeness (QED) is 0.533. The number of carbonyl (C=O) groups is 3. The first-order valence-electron chi connectivity index (χ1n) is 9.80. The summed E-state index contributed by atoms with van der Waals surface area (Å²) in [4.78, 5) is 36.3. The summed E-state index contributed by atoms with van der Waals surface area (Å²) in [5.74, 6) is -3.22. The highest BCUT2D eigenvalue weighted by Gasteiger charge is 2.53. The molecule has 7 nitrogen and oxygen atoms in total. The molecular weight excluding hydrogens is 405 g/mol. The molecule has 1 aliphatic heterocycles. The predicted octanol–water partition coefficient (Wildman–Crippen LogP) is 3.90. The van der Waals surface area contributed by atoms with Crippen molar-refractivity contribution in [3.05, 3.63) is 59.9 Å². The highest BCUT2D eigenvalue weighted by molar-refractivity contribution is 6.01. The maximum atomic E-state index is 13.5. The maximum absolute atomic E-state index is 13.5. The van der Waals surface area contributed by atoms with Gasteiger partial charge in [-0.05, 0) is 48.6 Å². The van der Waals surface area contributed by atoms with E-state index in [4.69, 9.17) is 9.47 Å². The summed E-state index contributed by atoms with van der Waals surface area (Å²) in [5, 5.41) is 11.6. The van der Waals surface area contributed by atoms with Gasteiger partial charge in [0, 0.05) is 19.9 Å². The second kappa shape index (κ2) is 8.37. The smallest absolute Gasteiger partial charge is 0.404 e. The van der Waals surface area contributed by atoms with Crippen molar-refractivity contribution < 1.29 is 33.4 Å². The second-order valence-electron chi connectivity index (χ2n) is 8.27. The maximum Gasteiger partial charge on any atom is 0.404 e. The Hall–Kier alpha value is -3.42. The van der Waals surface area contributed by atoms with Gasteiger partial charge in [0.2, 0.25) is 0 Å². The first-order chi connectivity index (χ1) is 14.5. The van der Waals surface area contributed by atoms with Gasteiger partial charge in [-0.15, -0.1) is 0 Å². The summed E-state index contributed by atoms with van der Waals surface area (Å²) >= 11 is 0. The van der Waals surface area contributed by atoms with Gasteiger partial charge in [-0.3, -0.25) is 9.59 Å². The van der Waals surface area contributed by atoms with E-state index in [1.165, 1.54) is 32.9 Å². The first kappa shape index (κ1) is 22.3. The van der Waals surface area contributed by atoms with E-state index in [-0.39, 0.29) is 18.7 Å². The number of rotatable bonds is 6. The van der Waals surface area contributed by atoms with Crippen molar-refractivity contribution in [1.29, 1.82) is 0 Å². The Morgan fingerprint density at radius 3 is 2.19 bits per heavy atom. The molecule has 0 aliphatic carbocycles. The van der Waals surface area contributed by atoms with Crippen LogP contribution in [-0.4, -0.2) is 35.0 Å². The van der Waals surface area contributed by atoms with Gasteiger partial charge in [0.05, 0.1) is 0 Å². The van der Waals surface area contributed by atoms with E-state index >= 15 is 0 Å². The van der Waals surface area contributed by atoms with Crippen LogP contribution in [0.15, 0.2) is 48.5 Å². The van der Waals surface area contributed by atoms with Gasteiger partial charge in [0.15, 0.2) is 5.41 Å². The number of hydrogen-bond acceptors (Lipinski definition) is 5. The summed E-state index contributed by atoms with van der Waals surface area (Å²) in [6.45, 7) is 4.29. The van der Waals surface area contributed by atoms with Crippen LogP contribution in [-0.2, 0) is 25.5 Å². The lowest BCUT2D eigenvalue weighted by molar-refractivity contribution is -0.250. The van der Waals surface area contributed by atoms with Crippen molar-refractivity contribution in [2.75, 3.05) is 0 Å². The van der Waals surface area contributed by atoms with Crippen LogP contribution in [0.5, 0.6) is 0 Å². The topological polar surface area (TPSA) is 102 Å². The highest BCUT2D eigenvalue weighted by Crippen LogP contribution is 2.36. The molecule has 1 atom stereocenters.